The molecule has 1 aromatic carbocycles. The van der Waals surface area contributed by atoms with E-state index in [0.29, 0.717) is 24.7 Å². The highest BCUT2D eigenvalue weighted by Gasteiger charge is 2.35. The van der Waals surface area contributed by atoms with E-state index in [1.807, 2.05) is 36.2 Å². The normalized spacial score (nSPS) is 20.3. The second kappa shape index (κ2) is 7.36. The molecule has 1 aliphatic rings. The van der Waals surface area contributed by atoms with Gasteiger partial charge < -0.3 is 10.6 Å². The molecule has 130 valence electrons. The van der Waals surface area contributed by atoms with Gasteiger partial charge in [0.05, 0.1) is 0 Å². The SMILES string of the molecule is CC(C)c1cc(C(=O)N2C[C@@H](N)[C@H](c3ccccc3)C2)nn1C.Cl. The third-order valence-electron chi connectivity index (χ3n) is 4.61. The Labute approximate surface area is 149 Å². The summed E-state index contributed by atoms with van der Waals surface area (Å²) in [6.07, 6.45) is 0. The predicted octanol–water partition coefficient (Wildman–Crippen LogP) is 2.53. The Morgan fingerprint density at radius 2 is 1.92 bits per heavy atom. The fourth-order valence-electron chi connectivity index (χ4n) is 3.34. The third kappa shape index (κ3) is 3.47. The summed E-state index contributed by atoms with van der Waals surface area (Å²) in [5, 5.41) is 4.38. The van der Waals surface area contributed by atoms with Gasteiger partial charge in [0.1, 0.15) is 0 Å². The van der Waals surface area contributed by atoms with E-state index in [1.54, 1.807) is 4.68 Å². The smallest absolute Gasteiger partial charge is 0.274 e. The molecule has 2 atom stereocenters. The molecule has 1 fully saturated rings. The average Bonchev–Trinajstić information content (AvgIpc) is 3.11. The number of rotatable bonds is 3. The predicted molar refractivity (Wildman–Crippen MR) is 97.6 cm³/mol. The van der Waals surface area contributed by atoms with Crippen molar-refractivity contribution in [2.45, 2.75) is 31.7 Å². The van der Waals surface area contributed by atoms with Crippen molar-refractivity contribution in [3.05, 3.63) is 53.3 Å². The highest BCUT2D eigenvalue weighted by molar-refractivity contribution is 5.92. The van der Waals surface area contributed by atoms with Gasteiger partial charge in [-0.25, -0.2) is 0 Å². The van der Waals surface area contributed by atoms with E-state index in [0.717, 1.165) is 5.69 Å². The van der Waals surface area contributed by atoms with Crippen LogP contribution >= 0.6 is 12.4 Å². The summed E-state index contributed by atoms with van der Waals surface area (Å²) in [5.74, 6) is 0.502. The lowest BCUT2D eigenvalue weighted by Crippen LogP contribution is -2.32. The summed E-state index contributed by atoms with van der Waals surface area (Å²) in [6.45, 7) is 5.43. The standard InChI is InChI=1S/C18H24N4O.ClH/c1-12(2)17-9-16(20-21(17)3)18(23)22-10-14(15(19)11-22)13-7-5-4-6-8-13;/h4-9,12,14-15H,10-11,19H2,1-3H3;1H/t14-,15+;/m0./s1. The summed E-state index contributed by atoms with van der Waals surface area (Å²) in [5.41, 5.74) is 9.05. The molecule has 1 aliphatic heterocycles. The zero-order chi connectivity index (χ0) is 16.6. The van der Waals surface area contributed by atoms with Gasteiger partial charge >= 0.3 is 0 Å². The number of carbonyl (C=O) groups is 1. The van der Waals surface area contributed by atoms with E-state index in [4.69, 9.17) is 5.73 Å². The van der Waals surface area contributed by atoms with Gasteiger partial charge in [-0.3, -0.25) is 9.48 Å². The van der Waals surface area contributed by atoms with Crippen LogP contribution in [0.5, 0.6) is 0 Å². The van der Waals surface area contributed by atoms with Crippen LogP contribution in [0.1, 0.15) is 47.4 Å². The first kappa shape index (κ1) is 18.5. The maximum absolute atomic E-state index is 12.8. The lowest BCUT2D eigenvalue weighted by Gasteiger charge is -2.15. The summed E-state index contributed by atoms with van der Waals surface area (Å²) in [4.78, 5) is 14.6. The van der Waals surface area contributed by atoms with Gasteiger partial charge in [-0.2, -0.15) is 5.10 Å². The number of halogens is 1. The Balaban J connectivity index is 0.00000208. The fourth-order valence-corrected chi connectivity index (χ4v) is 3.34. The molecule has 5 nitrogen and oxygen atoms in total. The van der Waals surface area contributed by atoms with E-state index in [9.17, 15) is 4.79 Å². The summed E-state index contributed by atoms with van der Waals surface area (Å²) >= 11 is 0. The number of benzene rings is 1. The fraction of sp³-hybridized carbons (Fsp3) is 0.444. The molecular weight excluding hydrogens is 324 g/mol. The molecule has 2 aromatic rings. The highest BCUT2D eigenvalue weighted by Crippen LogP contribution is 2.27. The Hall–Kier alpha value is -1.85. The number of hydrogen-bond donors (Lipinski definition) is 1. The van der Waals surface area contributed by atoms with Crippen LogP contribution in [-0.2, 0) is 7.05 Å². The molecule has 0 saturated carbocycles. The molecular formula is C18H25ClN4O. The minimum atomic E-state index is -0.0327. The molecule has 2 N–H and O–H groups in total. The number of likely N-dealkylation sites (tertiary alicyclic amines) is 1. The minimum Gasteiger partial charge on any atom is -0.335 e. The lowest BCUT2D eigenvalue weighted by molar-refractivity contribution is 0.0782. The summed E-state index contributed by atoms with van der Waals surface area (Å²) in [7, 11) is 1.88. The number of amides is 1. The monoisotopic (exact) mass is 348 g/mol. The second-order valence-corrected chi connectivity index (χ2v) is 6.62. The van der Waals surface area contributed by atoms with Gasteiger partial charge in [0, 0.05) is 37.8 Å². The topological polar surface area (TPSA) is 64.2 Å². The van der Waals surface area contributed by atoms with Crippen LogP contribution in [0, 0.1) is 0 Å². The van der Waals surface area contributed by atoms with E-state index in [-0.39, 0.29) is 30.3 Å². The van der Waals surface area contributed by atoms with Crippen LogP contribution < -0.4 is 5.73 Å². The first-order chi connectivity index (χ1) is 11.0. The van der Waals surface area contributed by atoms with E-state index < -0.39 is 0 Å². The van der Waals surface area contributed by atoms with Gasteiger partial charge in [-0.15, -0.1) is 12.4 Å². The van der Waals surface area contributed by atoms with Crippen LogP contribution in [0.25, 0.3) is 0 Å². The van der Waals surface area contributed by atoms with Crippen molar-refractivity contribution in [2.24, 2.45) is 12.8 Å². The molecule has 3 rings (SSSR count). The maximum atomic E-state index is 12.8. The Morgan fingerprint density at radius 3 is 2.50 bits per heavy atom. The molecule has 6 heteroatoms. The van der Waals surface area contributed by atoms with Crippen molar-refractivity contribution < 1.29 is 4.79 Å². The minimum absolute atomic E-state index is 0. The van der Waals surface area contributed by atoms with Crippen molar-refractivity contribution in [1.82, 2.24) is 14.7 Å². The van der Waals surface area contributed by atoms with E-state index in [1.165, 1.54) is 5.56 Å². The van der Waals surface area contributed by atoms with E-state index >= 15 is 0 Å². The van der Waals surface area contributed by atoms with Gasteiger partial charge in [0.15, 0.2) is 5.69 Å². The molecule has 24 heavy (non-hydrogen) atoms. The quantitative estimate of drug-likeness (QED) is 0.927. The molecule has 1 aromatic heterocycles. The molecule has 0 aliphatic carbocycles. The van der Waals surface area contributed by atoms with Gasteiger partial charge in [0.25, 0.3) is 5.91 Å². The molecule has 0 unspecified atom stereocenters. The number of carbonyl (C=O) groups excluding carboxylic acids is 1. The van der Waals surface area contributed by atoms with Gasteiger partial charge in [-0.05, 0) is 17.5 Å². The Kier molecular flexibility index (Phi) is 5.67. The molecule has 0 bridgehead atoms. The van der Waals surface area contributed by atoms with Crippen molar-refractivity contribution in [3.8, 4) is 0 Å². The van der Waals surface area contributed by atoms with Crippen molar-refractivity contribution in [3.63, 3.8) is 0 Å². The molecule has 2 heterocycles. The second-order valence-electron chi connectivity index (χ2n) is 6.62. The zero-order valence-electron chi connectivity index (χ0n) is 14.3. The van der Waals surface area contributed by atoms with Gasteiger partial charge in [0.2, 0.25) is 0 Å². The van der Waals surface area contributed by atoms with E-state index in [2.05, 4.69) is 31.1 Å². The number of aromatic nitrogens is 2. The van der Waals surface area contributed by atoms with Crippen LogP contribution in [0.3, 0.4) is 0 Å². The summed E-state index contributed by atoms with van der Waals surface area (Å²) < 4.78 is 1.79. The number of hydrogen-bond acceptors (Lipinski definition) is 3. The Bertz CT molecular complexity index is 698. The molecule has 1 amide bonds. The maximum Gasteiger partial charge on any atom is 0.274 e. The van der Waals surface area contributed by atoms with Crippen LogP contribution in [0.2, 0.25) is 0 Å². The van der Waals surface area contributed by atoms with Crippen LogP contribution in [0.4, 0.5) is 0 Å². The van der Waals surface area contributed by atoms with Gasteiger partial charge in [-0.1, -0.05) is 44.2 Å². The first-order valence-electron chi connectivity index (χ1n) is 8.11. The van der Waals surface area contributed by atoms with Crippen molar-refractivity contribution in [2.75, 3.05) is 13.1 Å². The molecule has 0 spiro atoms. The number of nitrogens with zero attached hydrogens (tertiary/aromatic N) is 3. The molecule has 1 saturated heterocycles. The molecule has 0 radical (unpaired) electrons. The number of nitrogens with two attached hydrogens (primary N) is 1. The first-order valence-corrected chi connectivity index (χ1v) is 8.11. The van der Waals surface area contributed by atoms with Crippen molar-refractivity contribution in [1.29, 1.82) is 0 Å². The largest absolute Gasteiger partial charge is 0.335 e. The number of aryl methyl sites for hydroxylation is 1. The Morgan fingerprint density at radius 1 is 1.25 bits per heavy atom. The third-order valence-corrected chi connectivity index (χ3v) is 4.61. The van der Waals surface area contributed by atoms with Crippen LogP contribution in [0.15, 0.2) is 36.4 Å². The summed E-state index contributed by atoms with van der Waals surface area (Å²) in [6, 6.07) is 12.0. The zero-order valence-corrected chi connectivity index (χ0v) is 15.2. The average molecular weight is 349 g/mol. The van der Waals surface area contributed by atoms with Crippen LogP contribution in [-0.4, -0.2) is 39.7 Å². The highest BCUT2D eigenvalue weighted by atomic mass is 35.5. The lowest BCUT2D eigenvalue weighted by atomic mass is 9.95. The van der Waals surface area contributed by atoms with Crippen molar-refractivity contribution >= 4 is 18.3 Å².